The van der Waals surface area contributed by atoms with E-state index in [1.54, 1.807) is 24.3 Å². The number of benzene rings is 3. The first-order valence-electron chi connectivity index (χ1n) is 10.9. The van der Waals surface area contributed by atoms with Crippen LogP contribution >= 0.6 is 0 Å². The fraction of sp³-hybridized carbons (Fsp3) is 0.240. The molecule has 11 heteroatoms. The second kappa shape index (κ2) is 9.55. The molecule has 1 amide bonds. The average Bonchev–Trinajstić information content (AvgIpc) is 3.64. The lowest BCUT2D eigenvalue weighted by Crippen LogP contribution is -2.49. The Morgan fingerprint density at radius 2 is 1.64 bits per heavy atom. The second-order valence-electron chi connectivity index (χ2n) is 8.41. The SMILES string of the molecule is CN(C1(C(=O)NCc2cccc(-c3ccc(OC(F)(F)F)cc3)c2)CC1)S(=O)(=O)c1ccc(F)cc1. The van der Waals surface area contributed by atoms with E-state index in [1.165, 1.54) is 31.3 Å². The molecule has 3 aromatic rings. The smallest absolute Gasteiger partial charge is 0.406 e. The zero-order valence-corrected chi connectivity index (χ0v) is 19.9. The normalized spacial score (nSPS) is 14.9. The molecule has 0 aliphatic heterocycles. The van der Waals surface area contributed by atoms with Crippen LogP contribution in [-0.4, -0.2) is 37.6 Å². The van der Waals surface area contributed by atoms with Crippen LogP contribution in [0.5, 0.6) is 5.75 Å². The number of rotatable bonds is 8. The van der Waals surface area contributed by atoms with Gasteiger partial charge in [-0.05, 0) is 72.0 Å². The van der Waals surface area contributed by atoms with Gasteiger partial charge in [-0.25, -0.2) is 12.8 Å². The fourth-order valence-electron chi connectivity index (χ4n) is 3.85. The third-order valence-electron chi connectivity index (χ3n) is 6.02. The van der Waals surface area contributed by atoms with E-state index in [1.807, 2.05) is 0 Å². The first kappa shape index (κ1) is 25.6. The molecular formula is C25H22F4N2O4S. The van der Waals surface area contributed by atoms with E-state index < -0.39 is 33.6 Å². The number of nitrogens with zero attached hydrogens (tertiary/aromatic N) is 1. The van der Waals surface area contributed by atoms with E-state index in [-0.39, 0.29) is 17.2 Å². The van der Waals surface area contributed by atoms with Crippen molar-refractivity contribution < 1.29 is 35.5 Å². The van der Waals surface area contributed by atoms with Crippen molar-refractivity contribution in [1.82, 2.24) is 9.62 Å². The number of likely N-dealkylation sites (N-methyl/N-ethyl adjacent to an activating group) is 1. The first-order chi connectivity index (χ1) is 16.9. The zero-order valence-electron chi connectivity index (χ0n) is 19.0. The predicted octanol–water partition coefficient (Wildman–Crippen LogP) is 4.86. The number of carbonyl (C=O) groups is 1. The highest BCUT2D eigenvalue weighted by Gasteiger charge is 2.57. The van der Waals surface area contributed by atoms with E-state index in [0.717, 1.165) is 39.7 Å². The summed E-state index contributed by atoms with van der Waals surface area (Å²) in [6, 6.07) is 16.9. The van der Waals surface area contributed by atoms with Gasteiger partial charge in [0, 0.05) is 13.6 Å². The Balaban J connectivity index is 1.43. The van der Waals surface area contributed by atoms with Crippen LogP contribution < -0.4 is 10.1 Å². The van der Waals surface area contributed by atoms with E-state index in [2.05, 4.69) is 10.1 Å². The van der Waals surface area contributed by atoms with E-state index >= 15 is 0 Å². The number of ether oxygens (including phenoxy) is 1. The Morgan fingerprint density at radius 1 is 1.00 bits per heavy atom. The number of amides is 1. The van der Waals surface area contributed by atoms with Crippen molar-refractivity contribution in [2.24, 2.45) is 0 Å². The molecule has 0 heterocycles. The number of halogens is 4. The van der Waals surface area contributed by atoms with Crippen LogP contribution in [0.4, 0.5) is 17.6 Å². The minimum atomic E-state index is -4.77. The molecule has 0 spiro atoms. The van der Waals surface area contributed by atoms with Crippen molar-refractivity contribution >= 4 is 15.9 Å². The maximum atomic E-state index is 13.2. The van der Waals surface area contributed by atoms with Crippen LogP contribution in [0.25, 0.3) is 11.1 Å². The number of alkyl halides is 3. The van der Waals surface area contributed by atoms with Crippen molar-refractivity contribution in [3.8, 4) is 16.9 Å². The Kier molecular flexibility index (Phi) is 6.80. The molecule has 4 rings (SSSR count). The molecule has 1 saturated carbocycles. The van der Waals surface area contributed by atoms with Gasteiger partial charge in [-0.2, -0.15) is 4.31 Å². The van der Waals surface area contributed by atoms with Crippen LogP contribution in [0.1, 0.15) is 18.4 Å². The maximum Gasteiger partial charge on any atom is 0.573 e. The molecule has 0 bridgehead atoms. The molecule has 0 saturated heterocycles. The van der Waals surface area contributed by atoms with E-state index in [9.17, 15) is 30.8 Å². The van der Waals surface area contributed by atoms with Gasteiger partial charge in [0.1, 0.15) is 17.1 Å². The van der Waals surface area contributed by atoms with Crippen molar-refractivity contribution in [1.29, 1.82) is 0 Å². The summed E-state index contributed by atoms with van der Waals surface area (Å²) in [5, 5.41) is 2.78. The topological polar surface area (TPSA) is 75.7 Å². The highest BCUT2D eigenvalue weighted by Crippen LogP contribution is 2.44. The summed E-state index contributed by atoms with van der Waals surface area (Å²) in [6.07, 6.45) is -4.07. The van der Waals surface area contributed by atoms with Gasteiger partial charge in [0.15, 0.2) is 0 Å². The summed E-state index contributed by atoms with van der Waals surface area (Å²) in [7, 11) is -2.68. The molecule has 1 aliphatic carbocycles. The number of sulfonamides is 1. The van der Waals surface area contributed by atoms with E-state index in [4.69, 9.17) is 0 Å². The van der Waals surface area contributed by atoms with Crippen LogP contribution in [-0.2, 0) is 21.4 Å². The summed E-state index contributed by atoms with van der Waals surface area (Å²) < 4.78 is 81.1. The maximum absolute atomic E-state index is 13.2. The molecule has 1 fully saturated rings. The summed E-state index contributed by atoms with van der Waals surface area (Å²) >= 11 is 0. The summed E-state index contributed by atoms with van der Waals surface area (Å²) in [6.45, 7) is 0.119. The Morgan fingerprint density at radius 3 is 2.22 bits per heavy atom. The quantitative estimate of drug-likeness (QED) is 0.429. The standard InChI is InChI=1S/C25H22F4N2O4S/c1-31(36(33,34)22-11-7-20(26)8-12-22)24(13-14-24)23(32)30-16-17-3-2-4-19(15-17)18-5-9-21(10-6-18)35-25(27,28)29/h2-12,15H,13-14,16H2,1H3,(H,30,32). The lowest BCUT2D eigenvalue weighted by Gasteiger charge is -2.26. The number of carbonyl (C=O) groups excluding carboxylic acids is 1. The number of nitrogens with one attached hydrogen (secondary N) is 1. The van der Waals surface area contributed by atoms with Crippen LogP contribution in [0.2, 0.25) is 0 Å². The molecule has 3 aromatic carbocycles. The lowest BCUT2D eigenvalue weighted by molar-refractivity contribution is -0.274. The highest BCUT2D eigenvalue weighted by molar-refractivity contribution is 7.89. The van der Waals surface area contributed by atoms with Crippen LogP contribution in [0.3, 0.4) is 0 Å². The minimum Gasteiger partial charge on any atom is -0.406 e. The van der Waals surface area contributed by atoms with Crippen LogP contribution in [0.15, 0.2) is 77.7 Å². The minimum absolute atomic E-state index is 0.107. The lowest BCUT2D eigenvalue weighted by atomic mass is 10.0. The third kappa shape index (κ3) is 5.52. The monoisotopic (exact) mass is 522 g/mol. The molecular weight excluding hydrogens is 500 g/mol. The molecule has 36 heavy (non-hydrogen) atoms. The Bertz CT molecular complexity index is 1350. The molecule has 1 aliphatic rings. The third-order valence-corrected chi connectivity index (χ3v) is 7.96. The van der Waals surface area contributed by atoms with Crippen molar-refractivity contribution in [2.45, 2.75) is 36.2 Å². The summed E-state index contributed by atoms with van der Waals surface area (Å²) in [5.74, 6) is -1.35. The second-order valence-corrected chi connectivity index (χ2v) is 10.4. The van der Waals surface area contributed by atoms with Gasteiger partial charge in [-0.15, -0.1) is 13.2 Å². The van der Waals surface area contributed by atoms with Gasteiger partial charge >= 0.3 is 6.36 Å². The summed E-state index contributed by atoms with van der Waals surface area (Å²) in [4.78, 5) is 12.9. The highest BCUT2D eigenvalue weighted by atomic mass is 32.2. The van der Waals surface area contributed by atoms with Crippen LogP contribution in [0, 0.1) is 5.82 Å². The first-order valence-corrected chi connectivity index (χ1v) is 12.3. The van der Waals surface area contributed by atoms with Gasteiger partial charge in [0.25, 0.3) is 0 Å². The Hall–Kier alpha value is -3.44. The molecule has 0 atom stereocenters. The van der Waals surface area contributed by atoms with Crippen molar-refractivity contribution in [2.75, 3.05) is 7.05 Å². The molecule has 0 unspecified atom stereocenters. The predicted molar refractivity (Wildman–Crippen MR) is 124 cm³/mol. The van der Waals surface area contributed by atoms with Crippen molar-refractivity contribution in [3.63, 3.8) is 0 Å². The largest absolute Gasteiger partial charge is 0.573 e. The van der Waals surface area contributed by atoms with Gasteiger partial charge in [0.2, 0.25) is 15.9 Å². The van der Waals surface area contributed by atoms with Gasteiger partial charge < -0.3 is 10.1 Å². The number of hydrogen-bond acceptors (Lipinski definition) is 4. The van der Waals surface area contributed by atoms with Gasteiger partial charge in [-0.1, -0.05) is 30.3 Å². The zero-order chi connectivity index (χ0) is 26.1. The molecule has 0 aromatic heterocycles. The number of hydrogen-bond donors (Lipinski definition) is 1. The Labute approximate surface area is 205 Å². The van der Waals surface area contributed by atoms with Gasteiger partial charge in [0.05, 0.1) is 4.90 Å². The summed E-state index contributed by atoms with van der Waals surface area (Å²) in [5.41, 5.74) is 0.870. The fourth-order valence-corrected chi connectivity index (χ4v) is 5.38. The van der Waals surface area contributed by atoms with Crippen molar-refractivity contribution in [3.05, 3.63) is 84.2 Å². The molecule has 1 N–H and O–H groups in total. The van der Waals surface area contributed by atoms with E-state index in [0.29, 0.717) is 18.4 Å². The van der Waals surface area contributed by atoms with Gasteiger partial charge in [-0.3, -0.25) is 4.79 Å². The molecule has 6 nitrogen and oxygen atoms in total. The molecule has 0 radical (unpaired) electrons. The average molecular weight is 523 g/mol. The molecule has 190 valence electrons.